The molecule has 10 heteroatoms. The smallest absolute Gasteiger partial charge is 0.258 e. The Morgan fingerprint density at radius 2 is 1.69 bits per heavy atom. The van der Waals surface area contributed by atoms with E-state index in [1.54, 1.807) is 72.8 Å². The summed E-state index contributed by atoms with van der Waals surface area (Å²) in [7, 11) is 5.03. The van der Waals surface area contributed by atoms with Gasteiger partial charge in [0.2, 0.25) is 11.7 Å². The number of nitrogens with two attached hydrogens (primary N) is 3. The first-order valence-electron chi connectivity index (χ1n) is 12.9. The molecular formula is C29H39N6O4+. The molecule has 3 rings (SSSR count). The van der Waals surface area contributed by atoms with Gasteiger partial charge in [-0.25, -0.2) is 5.41 Å². The highest BCUT2D eigenvalue weighted by molar-refractivity contribution is 6.21. The Morgan fingerprint density at radius 1 is 1.08 bits per heavy atom. The van der Waals surface area contributed by atoms with E-state index < -0.39 is 5.91 Å². The molecule has 0 radical (unpaired) electrons. The number of primary amides is 1. The third-order valence-electron chi connectivity index (χ3n) is 7.27. The first kappa shape index (κ1) is 29.4. The lowest BCUT2D eigenvalue weighted by Gasteiger charge is -2.35. The topological polar surface area (TPSA) is 168 Å². The summed E-state index contributed by atoms with van der Waals surface area (Å²) < 4.78 is 5.25. The first-order valence-corrected chi connectivity index (χ1v) is 12.9. The Labute approximate surface area is 229 Å². The van der Waals surface area contributed by atoms with Crippen molar-refractivity contribution in [2.75, 3.05) is 21.2 Å². The van der Waals surface area contributed by atoms with Gasteiger partial charge in [0.05, 0.1) is 23.9 Å². The molecule has 0 aliphatic heterocycles. The summed E-state index contributed by atoms with van der Waals surface area (Å²) in [6, 6.07) is 14.0. The van der Waals surface area contributed by atoms with Crippen LogP contribution in [0, 0.1) is 11.3 Å². The standard InChI is InChI=1S/C29H38N6O4/c1-29(15-13-20(14-16-29)28(38)35(2)3)34-25(31)23(26(32)36)24(30)19-11-9-18(10-12-19)17-33-27(37)21-7-5-6-8-22(21)39-4/h5-12,20H,13-17,30H2,1-4H3,(H2,31,34)(H2,32,36)(H,33,37)/p+1. The minimum Gasteiger partial charge on any atom is -0.496 e. The third kappa shape index (κ3) is 7.23. The van der Waals surface area contributed by atoms with Crippen molar-refractivity contribution >= 4 is 29.3 Å². The number of rotatable bonds is 9. The van der Waals surface area contributed by atoms with Crippen LogP contribution in [0.25, 0.3) is 5.70 Å². The van der Waals surface area contributed by atoms with E-state index >= 15 is 0 Å². The van der Waals surface area contributed by atoms with Crippen molar-refractivity contribution in [3.63, 3.8) is 0 Å². The van der Waals surface area contributed by atoms with Gasteiger partial charge >= 0.3 is 0 Å². The number of ether oxygens (including phenoxy) is 1. The summed E-state index contributed by atoms with van der Waals surface area (Å²) in [6.07, 6.45) is 2.89. The molecule has 1 fully saturated rings. The van der Waals surface area contributed by atoms with E-state index in [0.717, 1.165) is 31.2 Å². The van der Waals surface area contributed by atoms with Gasteiger partial charge in [-0.2, -0.15) is 0 Å². The summed E-state index contributed by atoms with van der Waals surface area (Å²) in [4.78, 5) is 38.9. The van der Waals surface area contributed by atoms with Crippen LogP contribution in [0.2, 0.25) is 0 Å². The molecule has 10 nitrogen and oxygen atoms in total. The van der Waals surface area contributed by atoms with Crippen LogP contribution in [0.5, 0.6) is 5.75 Å². The van der Waals surface area contributed by atoms with Crippen LogP contribution < -0.4 is 26.8 Å². The van der Waals surface area contributed by atoms with Crippen molar-refractivity contribution in [2.45, 2.75) is 44.7 Å². The van der Waals surface area contributed by atoms with E-state index in [2.05, 4.69) is 5.32 Å². The zero-order valence-corrected chi connectivity index (χ0v) is 23.0. The van der Waals surface area contributed by atoms with Crippen LogP contribution in [0.15, 0.2) is 54.1 Å². The number of amidine groups is 1. The average Bonchev–Trinajstić information content (AvgIpc) is 2.91. The zero-order valence-electron chi connectivity index (χ0n) is 23.0. The number of carbonyl (C=O) groups excluding carboxylic acids is 3. The lowest BCUT2D eigenvalue weighted by Crippen LogP contribution is -2.99. The number of benzene rings is 2. The molecule has 0 atom stereocenters. The molecule has 39 heavy (non-hydrogen) atoms. The molecule has 8 N–H and O–H groups in total. The van der Waals surface area contributed by atoms with Crippen molar-refractivity contribution in [3.8, 4) is 5.75 Å². The second-order valence-electron chi connectivity index (χ2n) is 10.5. The molecule has 1 aliphatic carbocycles. The van der Waals surface area contributed by atoms with E-state index in [1.807, 2.05) is 6.92 Å². The molecule has 208 valence electrons. The van der Waals surface area contributed by atoms with Crippen molar-refractivity contribution in [1.82, 2.24) is 10.2 Å². The van der Waals surface area contributed by atoms with Gasteiger partial charge in [-0.3, -0.25) is 19.7 Å². The van der Waals surface area contributed by atoms with Crippen LogP contribution in [0.1, 0.15) is 54.1 Å². The second kappa shape index (κ2) is 12.6. The number of nitrogens with zero attached hydrogens (tertiary/aromatic N) is 1. The summed E-state index contributed by atoms with van der Waals surface area (Å²) in [5, 5.41) is 13.3. The highest BCUT2D eigenvalue weighted by Gasteiger charge is 2.39. The summed E-state index contributed by atoms with van der Waals surface area (Å²) in [5.41, 5.74) is 13.6. The quantitative estimate of drug-likeness (QED) is 0.185. The lowest BCUT2D eigenvalue weighted by atomic mass is 9.77. The third-order valence-corrected chi connectivity index (χ3v) is 7.27. The van der Waals surface area contributed by atoms with Gasteiger partial charge in [0, 0.05) is 39.4 Å². The van der Waals surface area contributed by atoms with Crippen molar-refractivity contribution in [1.29, 1.82) is 5.41 Å². The Balaban J connectivity index is 1.68. The number of para-hydroxylation sites is 1. The number of amides is 3. The maximum absolute atomic E-state index is 12.6. The monoisotopic (exact) mass is 535 g/mol. The molecule has 1 aliphatic rings. The molecule has 0 aromatic heterocycles. The van der Waals surface area contributed by atoms with E-state index in [1.165, 1.54) is 7.11 Å². The van der Waals surface area contributed by atoms with Gasteiger partial charge in [0.15, 0.2) is 0 Å². The van der Waals surface area contributed by atoms with Gasteiger partial charge in [0.1, 0.15) is 11.3 Å². The molecule has 0 heterocycles. The van der Waals surface area contributed by atoms with E-state index in [-0.39, 0.29) is 46.9 Å². The highest BCUT2D eigenvalue weighted by Crippen LogP contribution is 2.30. The first-order chi connectivity index (χ1) is 18.5. The Kier molecular flexibility index (Phi) is 9.47. The summed E-state index contributed by atoms with van der Waals surface area (Å²) >= 11 is 0. The minimum atomic E-state index is -0.776. The molecule has 2 aromatic rings. The number of quaternary nitrogens is 1. The maximum Gasteiger partial charge on any atom is 0.258 e. The maximum atomic E-state index is 12.6. The van der Waals surface area contributed by atoms with Gasteiger partial charge in [-0.1, -0.05) is 36.4 Å². The fourth-order valence-corrected chi connectivity index (χ4v) is 4.92. The van der Waals surface area contributed by atoms with Gasteiger partial charge in [0.25, 0.3) is 11.8 Å². The molecular weight excluding hydrogens is 496 g/mol. The van der Waals surface area contributed by atoms with E-state index in [0.29, 0.717) is 16.9 Å². The van der Waals surface area contributed by atoms with Crippen molar-refractivity contribution < 1.29 is 24.4 Å². The average molecular weight is 536 g/mol. The summed E-state index contributed by atoms with van der Waals surface area (Å²) in [6.45, 7) is 2.31. The molecule has 0 saturated heterocycles. The molecule has 0 bridgehead atoms. The molecule has 3 amide bonds. The molecule has 1 saturated carbocycles. The van der Waals surface area contributed by atoms with Gasteiger partial charge in [-0.15, -0.1) is 0 Å². The zero-order chi connectivity index (χ0) is 28.7. The number of nitrogens with one attached hydrogen (secondary N) is 2. The number of hydrogen-bond donors (Lipinski definition) is 5. The van der Waals surface area contributed by atoms with E-state index in [9.17, 15) is 14.4 Å². The van der Waals surface area contributed by atoms with Crippen LogP contribution in [-0.4, -0.2) is 55.2 Å². The SMILES string of the molecule is COc1ccccc1C(=O)NCc1ccc(C(N)=C(C(=N)[NH2+]C2(C)CCC(C(=O)N(C)C)CC2)C(N)=O)cc1. The normalized spacial score (nSPS) is 19.4. The second-order valence-corrected chi connectivity index (χ2v) is 10.5. The lowest BCUT2D eigenvalue weighted by molar-refractivity contribution is -0.627. The largest absolute Gasteiger partial charge is 0.496 e. The van der Waals surface area contributed by atoms with E-state index in [4.69, 9.17) is 21.6 Å². The fourth-order valence-electron chi connectivity index (χ4n) is 4.92. The van der Waals surface area contributed by atoms with Crippen LogP contribution in [-0.2, 0) is 16.1 Å². The Hall–Kier alpha value is -4.18. The molecule has 0 unspecified atom stereocenters. The van der Waals surface area contributed by atoms with Crippen LogP contribution >= 0.6 is 0 Å². The predicted molar refractivity (Wildman–Crippen MR) is 150 cm³/mol. The molecule has 2 aromatic carbocycles. The number of carbonyl (C=O) groups is 3. The summed E-state index contributed by atoms with van der Waals surface area (Å²) in [5.74, 6) is -0.466. The van der Waals surface area contributed by atoms with Crippen LogP contribution in [0.3, 0.4) is 0 Å². The number of methoxy groups -OCH3 is 1. The number of hydrogen-bond acceptors (Lipinski definition) is 6. The Bertz CT molecular complexity index is 1260. The molecule has 0 spiro atoms. The predicted octanol–water partition coefficient (Wildman–Crippen LogP) is 1.36. The minimum absolute atomic E-state index is 0.0203. The van der Waals surface area contributed by atoms with Crippen molar-refractivity contribution in [3.05, 3.63) is 70.8 Å². The van der Waals surface area contributed by atoms with Crippen molar-refractivity contribution in [2.24, 2.45) is 17.4 Å². The fraction of sp³-hybridized carbons (Fsp3) is 0.379. The van der Waals surface area contributed by atoms with Gasteiger partial charge in [-0.05, 0) is 43.0 Å². The van der Waals surface area contributed by atoms with Gasteiger partial charge < -0.3 is 26.4 Å². The highest BCUT2D eigenvalue weighted by atomic mass is 16.5. The van der Waals surface area contributed by atoms with Crippen LogP contribution in [0.4, 0.5) is 0 Å². The Morgan fingerprint density at radius 3 is 2.26 bits per heavy atom.